The summed E-state index contributed by atoms with van der Waals surface area (Å²) in [4.78, 5) is 22.6. The van der Waals surface area contributed by atoms with Crippen LogP contribution in [0.1, 0.15) is 18.5 Å². The minimum atomic E-state index is -0.424. The number of rotatable bonds is 1. The molecule has 3 amide bonds. The van der Waals surface area contributed by atoms with Crippen LogP contribution in [0, 0.1) is 5.92 Å². The van der Waals surface area contributed by atoms with E-state index in [2.05, 4.69) is 10.6 Å². The molecule has 0 spiro atoms. The van der Waals surface area contributed by atoms with Crippen molar-refractivity contribution in [1.29, 1.82) is 0 Å². The molecular formula is C11H12N2O2. The molecule has 1 aliphatic heterocycles. The standard InChI is InChI=1S/C11H12N2O2/c1-7-9(8-5-3-2-4-6-8)12-11(15)13-10(7)14/h2-7,9H,1H3,(H2,12,13,14,15)/t7-,9-/m0/s1. The molecule has 78 valence electrons. The van der Waals surface area contributed by atoms with E-state index in [1.807, 2.05) is 30.3 Å². The van der Waals surface area contributed by atoms with Crippen LogP contribution in [0.4, 0.5) is 4.79 Å². The molecule has 0 aliphatic carbocycles. The van der Waals surface area contributed by atoms with Gasteiger partial charge in [-0.25, -0.2) is 4.79 Å². The van der Waals surface area contributed by atoms with E-state index in [0.717, 1.165) is 5.56 Å². The van der Waals surface area contributed by atoms with E-state index >= 15 is 0 Å². The Hall–Kier alpha value is -1.84. The maximum absolute atomic E-state index is 11.4. The van der Waals surface area contributed by atoms with Gasteiger partial charge in [-0.1, -0.05) is 37.3 Å². The van der Waals surface area contributed by atoms with E-state index in [1.54, 1.807) is 6.92 Å². The zero-order valence-corrected chi connectivity index (χ0v) is 8.36. The van der Waals surface area contributed by atoms with Gasteiger partial charge in [0, 0.05) is 0 Å². The number of imide groups is 1. The van der Waals surface area contributed by atoms with Crippen molar-refractivity contribution < 1.29 is 9.59 Å². The molecule has 0 radical (unpaired) electrons. The maximum Gasteiger partial charge on any atom is 0.321 e. The number of amides is 3. The summed E-state index contributed by atoms with van der Waals surface area (Å²) in [5.41, 5.74) is 0.952. The molecule has 1 aromatic rings. The first kappa shape index (κ1) is 9.71. The SMILES string of the molecule is C[C@@H]1C(=O)NC(=O)N[C@@H]1c1ccccc1. The van der Waals surface area contributed by atoms with Crippen LogP contribution in [-0.2, 0) is 4.79 Å². The highest BCUT2D eigenvalue weighted by Crippen LogP contribution is 2.23. The molecule has 1 fully saturated rings. The van der Waals surface area contributed by atoms with Gasteiger partial charge in [0.2, 0.25) is 5.91 Å². The minimum Gasteiger partial charge on any atom is -0.330 e. The van der Waals surface area contributed by atoms with Crippen LogP contribution < -0.4 is 10.6 Å². The lowest BCUT2D eigenvalue weighted by Crippen LogP contribution is -2.52. The molecular weight excluding hydrogens is 192 g/mol. The van der Waals surface area contributed by atoms with E-state index in [0.29, 0.717) is 0 Å². The van der Waals surface area contributed by atoms with E-state index in [1.165, 1.54) is 0 Å². The Balaban J connectivity index is 2.28. The smallest absolute Gasteiger partial charge is 0.321 e. The lowest BCUT2D eigenvalue weighted by atomic mass is 9.92. The van der Waals surface area contributed by atoms with Crippen molar-refractivity contribution in [3.8, 4) is 0 Å². The van der Waals surface area contributed by atoms with Crippen molar-refractivity contribution in [2.24, 2.45) is 5.92 Å². The second-order valence-corrected chi connectivity index (χ2v) is 3.64. The highest BCUT2D eigenvalue weighted by Gasteiger charge is 2.32. The second kappa shape index (κ2) is 3.73. The van der Waals surface area contributed by atoms with E-state index < -0.39 is 6.03 Å². The van der Waals surface area contributed by atoms with Gasteiger partial charge in [0.1, 0.15) is 0 Å². The lowest BCUT2D eigenvalue weighted by Gasteiger charge is -2.29. The molecule has 0 bridgehead atoms. The van der Waals surface area contributed by atoms with Gasteiger partial charge in [0.25, 0.3) is 0 Å². The molecule has 0 unspecified atom stereocenters. The van der Waals surface area contributed by atoms with Crippen molar-refractivity contribution >= 4 is 11.9 Å². The summed E-state index contributed by atoms with van der Waals surface area (Å²) >= 11 is 0. The molecule has 0 aromatic heterocycles. The highest BCUT2D eigenvalue weighted by molar-refractivity contribution is 5.98. The average molecular weight is 204 g/mol. The third-order valence-corrected chi connectivity index (χ3v) is 2.60. The molecule has 2 N–H and O–H groups in total. The molecule has 1 aliphatic rings. The Kier molecular flexibility index (Phi) is 2.41. The van der Waals surface area contributed by atoms with Gasteiger partial charge in [0.05, 0.1) is 12.0 Å². The van der Waals surface area contributed by atoms with Crippen molar-refractivity contribution in [2.75, 3.05) is 0 Å². The average Bonchev–Trinajstić information content (AvgIpc) is 2.24. The Labute approximate surface area is 87.7 Å². The first-order chi connectivity index (χ1) is 7.18. The molecule has 2 rings (SSSR count). The molecule has 1 saturated heterocycles. The number of carbonyl (C=O) groups is 2. The molecule has 4 heteroatoms. The van der Waals surface area contributed by atoms with Crippen molar-refractivity contribution in [3.63, 3.8) is 0 Å². The lowest BCUT2D eigenvalue weighted by molar-refractivity contribution is -0.125. The highest BCUT2D eigenvalue weighted by atomic mass is 16.2. The van der Waals surface area contributed by atoms with Crippen molar-refractivity contribution in [1.82, 2.24) is 10.6 Å². The normalized spacial score (nSPS) is 25.7. The molecule has 1 aromatic carbocycles. The Morgan fingerprint density at radius 2 is 1.80 bits per heavy atom. The first-order valence-electron chi connectivity index (χ1n) is 4.85. The summed E-state index contributed by atoms with van der Waals surface area (Å²) < 4.78 is 0. The zero-order valence-electron chi connectivity index (χ0n) is 8.36. The molecule has 15 heavy (non-hydrogen) atoms. The largest absolute Gasteiger partial charge is 0.330 e. The molecule has 1 heterocycles. The number of urea groups is 1. The summed E-state index contributed by atoms with van der Waals surface area (Å²) in [5.74, 6) is -0.474. The predicted octanol–water partition coefficient (Wildman–Crippen LogP) is 1.20. The van der Waals surface area contributed by atoms with Crippen molar-refractivity contribution in [3.05, 3.63) is 35.9 Å². The van der Waals surface area contributed by atoms with E-state index in [-0.39, 0.29) is 17.9 Å². The minimum absolute atomic E-state index is 0.229. The zero-order chi connectivity index (χ0) is 10.8. The monoisotopic (exact) mass is 204 g/mol. The summed E-state index contributed by atoms with van der Waals surface area (Å²) in [5, 5.41) is 4.98. The van der Waals surface area contributed by atoms with Gasteiger partial charge in [-0.3, -0.25) is 10.1 Å². The number of benzene rings is 1. The first-order valence-corrected chi connectivity index (χ1v) is 4.85. The van der Waals surface area contributed by atoms with Gasteiger partial charge in [-0.15, -0.1) is 0 Å². The fraction of sp³-hybridized carbons (Fsp3) is 0.273. The van der Waals surface area contributed by atoms with Crippen LogP contribution in [-0.4, -0.2) is 11.9 Å². The molecule has 0 saturated carbocycles. The number of hydrogen-bond acceptors (Lipinski definition) is 2. The van der Waals surface area contributed by atoms with Gasteiger partial charge >= 0.3 is 6.03 Å². The molecule has 4 nitrogen and oxygen atoms in total. The van der Waals surface area contributed by atoms with Gasteiger partial charge < -0.3 is 5.32 Å². The van der Waals surface area contributed by atoms with E-state index in [9.17, 15) is 9.59 Å². The second-order valence-electron chi connectivity index (χ2n) is 3.64. The summed E-state index contributed by atoms with van der Waals surface area (Å²) in [6, 6.07) is 8.83. The quantitative estimate of drug-likeness (QED) is 0.722. The van der Waals surface area contributed by atoms with E-state index in [4.69, 9.17) is 0 Å². The third-order valence-electron chi connectivity index (χ3n) is 2.60. The van der Waals surface area contributed by atoms with Crippen LogP contribution in [0.15, 0.2) is 30.3 Å². The molecule has 2 atom stereocenters. The summed E-state index contributed by atoms with van der Waals surface area (Å²) in [7, 11) is 0. The topological polar surface area (TPSA) is 58.2 Å². The van der Waals surface area contributed by atoms with Crippen LogP contribution >= 0.6 is 0 Å². The summed E-state index contributed by atoms with van der Waals surface area (Å²) in [6.07, 6.45) is 0. The third kappa shape index (κ3) is 1.83. The van der Waals surface area contributed by atoms with Gasteiger partial charge in [-0.05, 0) is 5.56 Å². The number of hydrogen-bond donors (Lipinski definition) is 2. The number of carbonyl (C=O) groups excluding carboxylic acids is 2. The predicted molar refractivity (Wildman–Crippen MR) is 55.0 cm³/mol. The maximum atomic E-state index is 11.4. The van der Waals surface area contributed by atoms with Crippen LogP contribution in [0.3, 0.4) is 0 Å². The number of nitrogens with one attached hydrogen (secondary N) is 2. The fourth-order valence-electron chi connectivity index (χ4n) is 1.71. The van der Waals surface area contributed by atoms with Crippen molar-refractivity contribution in [2.45, 2.75) is 13.0 Å². The van der Waals surface area contributed by atoms with Crippen LogP contribution in [0.5, 0.6) is 0 Å². The Morgan fingerprint density at radius 1 is 1.13 bits per heavy atom. The summed E-state index contributed by atoms with van der Waals surface area (Å²) in [6.45, 7) is 1.80. The van der Waals surface area contributed by atoms with Crippen LogP contribution in [0.25, 0.3) is 0 Å². The fourth-order valence-corrected chi connectivity index (χ4v) is 1.71. The Bertz CT molecular complexity index is 389. The van der Waals surface area contributed by atoms with Gasteiger partial charge in [-0.2, -0.15) is 0 Å². The Morgan fingerprint density at radius 3 is 2.47 bits per heavy atom. The van der Waals surface area contributed by atoms with Gasteiger partial charge in [0.15, 0.2) is 0 Å². The van der Waals surface area contributed by atoms with Crippen LogP contribution in [0.2, 0.25) is 0 Å².